The first-order valence-electron chi connectivity index (χ1n) is 5.76. The Balaban J connectivity index is 2.14. The fourth-order valence-corrected chi connectivity index (χ4v) is 1.52. The van der Waals surface area contributed by atoms with Crippen LogP contribution in [-0.2, 0) is 0 Å². The van der Waals surface area contributed by atoms with E-state index in [1.54, 1.807) is 30.5 Å². The molecule has 0 spiro atoms. The molecular weight excluding hydrogens is 231 g/mol. The molecule has 0 radical (unpaired) electrons. The zero-order chi connectivity index (χ0) is 13.0. The Morgan fingerprint density at radius 2 is 2.00 bits per heavy atom. The molecule has 1 heterocycles. The number of benzene rings is 1. The Morgan fingerprint density at radius 1 is 1.22 bits per heavy atom. The van der Waals surface area contributed by atoms with Crippen LogP contribution in [0.2, 0.25) is 0 Å². The van der Waals surface area contributed by atoms with Crippen LogP contribution in [0.4, 0.5) is 4.39 Å². The Kier molecular flexibility index (Phi) is 3.89. The second-order valence-corrected chi connectivity index (χ2v) is 3.97. The van der Waals surface area contributed by atoms with E-state index < -0.39 is 5.82 Å². The van der Waals surface area contributed by atoms with Crippen molar-refractivity contribution in [1.82, 2.24) is 10.3 Å². The van der Waals surface area contributed by atoms with Crippen molar-refractivity contribution in [3.05, 3.63) is 54.0 Å². The monoisotopic (exact) mass is 246 g/mol. The van der Waals surface area contributed by atoms with E-state index in [1.165, 1.54) is 6.07 Å². The van der Waals surface area contributed by atoms with Crippen LogP contribution in [0.1, 0.15) is 18.5 Å². The number of halogens is 1. The quantitative estimate of drug-likeness (QED) is 0.898. The summed E-state index contributed by atoms with van der Waals surface area (Å²) in [6, 6.07) is 10.1. The van der Waals surface area contributed by atoms with Crippen LogP contribution in [0.3, 0.4) is 0 Å². The smallest absolute Gasteiger partial charge is 0.219 e. The van der Waals surface area contributed by atoms with Crippen LogP contribution in [0.5, 0.6) is 11.6 Å². The fourth-order valence-electron chi connectivity index (χ4n) is 1.52. The van der Waals surface area contributed by atoms with Gasteiger partial charge < -0.3 is 10.1 Å². The van der Waals surface area contributed by atoms with E-state index in [0.717, 1.165) is 5.56 Å². The van der Waals surface area contributed by atoms with Gasteiger partial charge >= 0.3 is 0 Å². The summed E-state index contributed by atoms with van der Waals surface area (Å²) in [5, 5.41) is 3.12. The zero-order valence-corrected chi connectivity index (χ0v) is 10.4. The van der Waals surface area contributed by atoms with Crippen molar-refractivity contribution in [2.75, 3.05) is 7.05 Å². The largest absolute Gasteiger partial charge is 0.436 e. The van der Waals surface area contributed by atoms with Crippen molar-refractivity contribution in [2.45, 2.75) is 13.0 Å². The number of hydrogen-bond donors (Lipinski definition) is 1. The van der Waals surface area contributed by atoms with Gasteiger partial charge in [0, 0.05) is 18.3 Å². The molecule has 1 aromatic heterocycles. The third-order valence-corrected chi connectivity index (χ3v) is 2.74. The van der Waals surface area contributed by atoms with Gasteiger partial charge in [-0.3, -0.25) is 0 Å². The van der Waals surface area contributed by atoms with Crippen molar-refractivity contribution in [1.29, 1.82) is 0 Å². The van der Waals surface area contributed by atoms with Gasteiger partial charge in [-0.2, -0.15) is 0 Å². The standard InChI is InChI=1S/C14H15FN2O/c1-10(16-2)11-7-8-14(17-9-11)18-13-6-4-3-5-12(13)15/h3-10,16H,1-2H3. The molecule has 2 rings (SSSR count). The van der Waals surface area contributed by atoms with E-state index in [4.69, 9.17) is 4.74 Å². The summed E-state index contributed by atoms with van der Waals surface area (Å²) < 4.78 is 18.7. The molecule has 0 aliphatic rings. The molecule has 1 N–H and O–H groups in total. The molecule has 1 unspecified atom stereocenters. The molecule has 0 amide bonds. The lowest BCUT2D eigenvalue weighted by atomic mass is 10.1. The summed E-state index contributed by atoms with van der Waals surface area (Å²) in [5.74, 6) is 0.165. The minimum absolute atomic E-state index is 0.180. The molecule has 0 aliphatic carbocycles. The summed E-state index contributed by atoms with van der Waals surface area (Å²) in [6.07, 6.45) is 1.72. The second-order valence-electron chi connectivity index (χ2n) is 3.97. The van der Waals surface area contributed by atoms with E-state index in [2.05, 4.69) is 10.3 Å². The second kappa shape index (κ2) is 5.60. The number of aromatic nitrogens is 1. The van der Waals surface area contributed by atoms with E-state index in [-0.39, 0.29) is 11.8 Å². The molecule has 0 saturated heterocycles. The highest BCUT2D eigenvalue weighted by molar-refractivity contribution is 5.29. The lowest BCUT2D eigenvalue weighted by Gasteiger charge is -2.11. The first kappa shape index (κ1) is 12.5. The molecule has 94 valence electrons. The van der Waals surface area contributed by atoms with Crippen molar-refractivity contribution in [2.24, 2.45) is 0 Å². The maximum atomic E-state index is 13.4. The molecule has 0 saturated carbocycles. The van der Waals surface area contributed by atoms with Gasteiger partial charge in [-0.05, 0) is 31.7 Å². The van der Waals surface area contributed by atoms with Gasteiger partial charge in [0.2, 0.25) is 5.88 Å². The van der Waals surface area contributed by atoms with Crippen molar-refractivity contribution >= 4 is 0 Å². The fraction of sp³-hybridized carbons (Fsp3) is 0.214. The number of para-hydroxylation sites is 1. The molecule has 3 nitrogen and oxygen atoms in total. The molecule has 2 aromatic rings. The lowest BCUT2D eigenvalue weighted by molar-refractivity contribution is 0.427. The minimum Gasteiger partial charge on any atom is -0.436 e. The Labute approximate surface area is 106 Å². The van der Waals surface area contributed by atoms with Crippen LogP contribution >= 0.6 is 0 Å². The van der Waals surface area contributed by atoms with Crippen molar-refractivity contribution in [3.8, 4) is 11.6 Å². The molecule has 18 heavy (non-hydrogen) atoms. The van der Waals surface area contributed by atoms with E-state index >= 15 is 0 Å². The summed E-state index contributed by atoms with van der Waals surface area (Å²) in [7, 11) is 1.88. The average molecular weight is 246 g/mol. The van der Waals surface area contributed by atoms with Gasteiger partial charge in [0.1, 0.15) is 0 Å². The number of hydrogen-bond acceptors (Lipinski definition) is 3. The van der Waals surface area contributed by atoms with E-state index in [9.17, 15) is 4.39 Å². The third-order valence-electron chi connectivity index (χ3n) is 2.74. The highest BCUT2D eigenvalue weighted by atomic mass is 19.1. The maximum absolute atomic E-state index is 13.4. The maximum Gasteiger partial charge on any atom is 0.219 e. The third kappa shape index (κ3) is 2.84. The molecule has 0 aliphatic heterocycles. The normalized spacial score (nSPS) is 12.2. The van der Waals surface area contributed by atoms with Gasteiger partial charge in [0.05, 0.1) is 0 Å². The Hall–Kier alpha value is -1.94. The van der Waals surface area contributed by atoms with E-state index in [0.29, 0.717) is 5.88 Å². The lowest BCUT2D eigenvalue weighted by Crippen LogP contribution is -2.12. The number of pyridine rings is 1. The molecule has 4 heteroatoms. The summed E-state index contributed by atoms with van der Waals surface area (Å²) >= 11 is 0. The van der Waals surface area contributed by atoms with Crippen LogP contribution < -0.4 is 10.1 Å². The van der Waals surface area contributed by atoms with Crippen molar-refractivity contribution < 1.29 is 9.13 Å². The topological polar surface area (TPSA) is 34.1 Å². The van der Waals surface area contributed by atoms with Gasteiger partial charge in [-0.1, -0.05) is 18.2 Å². The molecule has 1 aromatic carbocycles. The zero-order valence-electron chi connectivity index (χ0n) is 10.4. The Bertz CT molecular complexity index is 513. The number of rotatable bonds is 4. The molecule has 0 fully saturated rings. The van der Waals surface area contributed by atoms with Crippen molar-refractivity contribution in [3.63, 3.8) is 0 Å². The van der Waals surface area contributed by atoms with Crippen LogP contribution in [0.25, 0.3) is 0 Å². The summed E-state index contributed by atoms with van der Waals surface area (Å²) in [5.41, 5.74) is 1.05. The molecular formula is C14H15FN2O. The number of ether oxygens (including phenoxy) is 1. The first-order valence-corrected chi connectivity index (χ1v) is 5.76. The predicted molar refractivity (Wildman–Crippen MR) is 68.2 cm³/mol. The van der Waals surface area contributed by atoms with Gasteiger partial charge in [0.25, 0.3) is 0 Å². The first-order chi connectivity index (χ1) is 8.70. The SMILES string of the molecule is CNC(C)c1ccc(Oc2ccccc2F)nc1. The minimum atomic E-state index is -0.396. The number of nitrogens with zero attached hydrogens (tertiary/aromatic N) is 1. The molecule has 0 bridgehead atoms. The van der Waals surface area contributed by atoms with E-state index in [1.807, 2.05) is 20.0 Å². The average Bonchev–Trinajstić information content (AvgIpc) is 2.41. The van der Waals surface area contributed by atoms with Gasteiger partial charge in [0.15, 0.2) is 11.6 Å². The van der Waals surface area contributed by atoms with Crippen LogP contribution in [0.15, 0.2) is 42.6 Å². The highest BCUT2D eigenvalue weighted by Crippen LogP contribution is 2.23. The van der Waals surface area contributed by atoms with Gasteiger partial charge in [-0.15, -0.1) is 0 Å². The summed E-state index contributed by atoms with van der Waals surface area (Å²) in [4.78, 5) is 4.16. The predicted octanol–water partition coefficient (Wildman–Crippen LogP) is 3.29. The number of nitrogens with one attached hydrogen (secondary N) is 1. The molecule has 1 atom stereocenters. The van der Waals surface area contributed by atoms with Crippen LogP contribution in [-0.4, -0.2) is 12.0 Å². The Morgan fingerprint density at radius 3 is 2.61 bits per heavy atom. The van der Waals surface area contributed by atoms with Gasteiger partial charge in [-0.25, -0.2) is 9.37 Å². The summed E-state index contributed by atoms with van der Waals surface area (Å²) in [6.45, 7) is 2.04. The highest BCUT2D eigenvalue weighted by Gasteiger charge is 2.06. The van der Waals surface area contributed by atoms with Crippen LogP contribution in [0, 0.1) is 5.82 Å².